The molecule has 14 heavy (non-hydrogen) atoms. The summed E-state index contributed by atoms with van der Waals surface area (Å²) < 4.78 is 0. The van der Waals surface area contributed by atoms with Crippen LogP contribution in [0, 0.1) is 0 Å². The molecule has 2 rings (SSSR count). The maximum atomic E-state index is 10.4. The standard InChI is InChI=1S/C12H24OSi/c1-3-12(13,4-2)9-14(10-5-6-10)11-7-8-11/h10-11,13-14H,3-9H2,1-2H3. The van der Waals surface area contributed by atoms with Crippen molar-refractivity contribution < 1.29 is 5.11 Å². The number of rotatable bonds is 6. The molecular weight excluding hydrogens is 188 g/mol. The Bertz CT molecular complexity index is 180. The van der Waals surface area contributed by atoms with E-state index in [1.165, 1.54) is 31.7 Å². The molecule has 0 bridgehead atoms. The van der Waals surface area contributed by atoms with Gasteiger partial charge in [0.25, 0.3) is 0 Å². The van der Waals surface area contributed by atoms with Crippen molar-refractivity contribution in [3.63, 3.8) is 0 Å². The van der Waals surface area contributed by atoms with E-state index in [0.717, 1.165) is 23.9 Å². The van der Waals surface area contributed by atoms with Crippen LogP contribution in [0.3, 0.4) is 0 Å². The lowest BCUT2D eigenvalue weighted by Crippen LogP contribution is -2.33. The van der Waals surface area contributed by atoms with E-state index in [-0.39, 0.29) is 5.60 Å². The molecule has 2 fully saturated rings. The van der Waals surface area contributed by atoms with Gasteiger partial charge in [-0.05, 0) is 30.0 Å². The van der Waals surface area contributed by atoms with Gasteiger partial charge in [0.1, 0.15) is 0 Å². The number of hydrogen-bond donors (Lipinski definition) is 1. The molecule has 0 aliphatic heterocycles. The topological polar surface area (TPSA) is 20.2 Å². The number of aliphatic hydroxyl groups is 1. The van der Waals surface area contributed by atoms with Crippen LogP contribution in [0.5, 0.6) is 0 Å². The van der Waals surface area contributed by atoms with E-state index < -0.39 is 8.80 Å². The molecule has 2 saturated carbocycles. The van der Waals surface area contributed by atoms with Crippen molar-refractivity contribution in [2.75, 3.05) is 0 Å². The van der Waals surface area contributed by atoms with Crippen LogP contribution in [0.2, 0.25) is 17.1 Å². The first-order chi connectivity index (χ1) is 6.68. The highest BCUT2D eigenvalue weighted by molar-refractivity contribution is 6.64. The molecular formula is C12H24OSi. The maximum Gasteiger partial charge on any atom is 0.0617 e. The van der Waals surface area contributed by atoms with Gasteiger partial charge < -0.3 is 5.11 Å². The van der Waals surface area contributed by atoms with Crippen molar-refractivity contribution >= 4 is 8.80 Å². The molecule has 1 nitrogen and oxygen atoms in total. The van der Waals surface area contributed by atoms with E-state index in [4.69, 9.17) is 0 Å². The van der Waals surface area contributed by atoms with Crippen LogP contribution in [-0.4, -0.2) is 19.5 Å². The summed E-state index contributed by atoms with van der Waals surface area (Å²) in [7, 11) is -0.568. The Morgan fingerprint density at radius 1 is 1.07 bits per heavy atom. The second kappa shape index (κ2) is 3.97. The van der Waals surface area contributed by atoms with Crippen molar-refractivity contribution in [3.8, 4) is 0 Å². The van der Waals surface area contributed by atoms with Crippen LogP contribution in [0.4, 0.5) is 0 Å². The predicted molar refractivity (Wildman–Crippen MR) is 63.5 cm³/mol. The highest BCUT2D eigenvalue weighted by Crippen LogP contribution is 2.54. The monoisotopic (exact) mass is 212 g/mol. The molecule has 2 aliphatic rings. The molecule has 0 heterocycles. The van der Waals surface area contributed by atoms with Gasteiger partial charge in [-0.1, -0.05) is 39.5 Å². The average molecular weight is 212 g/mol. The zero-order valence-electron chi connectivity index (χ0n) is 9.63. The lowest BCUT2D eigenvalue weighted by Gasteiger charge is -2.29. The minimum Gasteiger partial charge on any atom is -0.390 e. The first kappa shape index (κ1) is 10.7. The second-order valence-corrected chi connectivity index (χ2v) is 9.10. The smallest absolute Gasteiger partial charge is 0.0617 e. The lowest BCUT2D eigenvalue weighted by molar-refractivity contribution is 0.0510. The predicted octanol–water partition coefficient (Wildman–Crippen LogP) is 3.09. The summed E-state index contributed by atoms with van der Waals surface area (Å²) in [5, 5.41) is 10.4. The Labute approximate surface area is 89.5 Å². The zero-order chi connectivity index (χ0) is 10.2. The fraction of sp³-hybridized carbons (Fsp3) is 1.00. The van der Waals surface area contributed by atoms with Crippen LogP contribution in [0.25, 0.3) is 0 Å². The third-order valence-corrected chi connectivity index (χ3v) is 9.37. The summed E-state index contributed by atoms with van der Waals surface area (Å²) in [5.74, 6) is 0. The maximum absolute atomic E-state index is 10.4. The third-order valence-electron chi connectivity index (χ3n) is 4.39. The lowest BCUT2D eigenvalue weighted by atomic mass is 10.0. The molecule has 0 aromatic rings. The van der Waals surface area contributed by atoms with E-state index in [9.17, 15) is 5.11 Å². The SMILES string of the molecule is CCC(O)(CC)C[SiH](C1CC1)C1CC1. The van der Waals surface area contributed by atoms with E-state index in [1.807, 2.05) is 0 Å². The van der Waals surface area contributed by atoms with Gasteiger partial charge in [-0.15, -0.1) is 0 Å². The van der Waals surface area contributed by atoms with Crippen molar-refractivity contribution in [2.24, 2.45) is 0 Å². The van der Waals surface area contributed by atoms with E-state index in [2.05, 4.69) is 13.8 Å². The first-order valence-electron chi connectivity index (χ1n) is 6.41. The molecule has 0 aromatic heterocycles. The summed E-state index contributed by atoms with van der Waals surface area (Å²) >= 11 is 0. The highest BCUT2D eigenvalue weighted by Gasteiger charge is 2.45. The minimum absolute atomic E-state index is 0.290. The molecule has 0 unspecified atom stereocenters. The first-order valence-corrected chi connectivity index (χ1v) is 8.56. The van der Waals surface area contributed by atoms with E-state index in [1.54, 1.807) is 0 Å². The van der Waals surface area contributed by atoms with Crippen LogP contribution in [0.15, 0.2) is 0 Å². The van der Waals surface area contributed by atoms with Crippen LogP contribution < -0.4 is 0 Å². The van der Waals surface area contributed by atoms with Crippen LogP contribution in [0.1, 0.15) is 52.4 Å². The second-order valence-electron chi connectivity index (χ2n) is 5.47. The molecule has 0 atom stereocenters. The van der Waals surface area contributed by atoms with Crippen molar-refractivity contribution in [2.45, 2.75) is 75.1 Å². The summed E-state index contributed by atoms with van der Waals surface area (Å²) in [4.78, 5) is 0. The minimum atomic E-state index is -0.568. The summed E-state index contributed by atoms with van der Waals surface area (Å²) in [6.07, 6.45) is 7.92. The highest BCUT2D eigenvalue weighted by atomic mass is 28.3. The van der Waals surface area contributed by atoms with Gasteiger partial charge in [0.2, 0.25) is 0 Å². The molecule has 82 valence electrons. The summed E-state index contributed by atoms with van der Waals surface area (Å²) in [6, 6.07) is 1.22. The fourth-order valence-corrected chi connectivity index (χ4v) is 7.73. The zero-order valence-corrected chi connectivity index (χ0v) is 10.8. The fourth-order valence-electron chi connectivity index (χ4n) is 2.74. The van der Waals surface area contributed by atoms with E-state index in [0.29, 0.717) is 0 Å². The Hall–Kier alpha value is 0.177. The third kappa shape index (κ3) is 2.40. The van der Waals surface area contributed by atoms with E-state index >= 15 is 0 Å². The summed E-state index contributed by atoms with van der Waals surface area (Å²) in [6.45, 7) is 4.30. The van der Waals surface area contributed by atoms with Crippen LogP contribution >= 0.6 is 0 Å². The Balaban J connectivity index is 1.91. The molecule has 0 saturated heterocycles. The molecule has 2 aliphatic carbocycles. The molecule has 1 N–H and O–H groups in total. The van der Waals surface area contributed by atoms with Gasteiger partial charge in [0.05, 0.1) is 5.60 Å². The Morgan fingerprint density at radius 3 is 1.79 bits per heavy atom. The van der Waals surface area contributed by atoms with Gasteiger partial charge in [-0.3, -0.25) is 0 Å². The molecule has 0 amide bonds. The summed E-state index contributed by atoms with van der Waals surface area (Å²) in [5.41, 5.74) is 1.95. The van der Waals surface area contributed by atoms with Gasteiger partial charge >= 0.3 is 0 Å². The molecule has 0 aromatic carbocycles. The van der Waals surface area contributed by atoms with Crippen molar-refractivity contribution in [1.29, 1.82) is 0 Å². The Kier molecular flexibility index (Phi) is 3.03. The largest absolute Gasteiger partial charge is 0.390 e. The van der Waals surface area contributed by atoms with Crippen molar-refractivity contribution in [1.82, 2.24) is 0 Å². The number of hydrogen-bond acceptors (Lipinski definition) is 1. The average Bonchev–Trinajstić information content (AvgIpc) is 3.06. The van der Waals surface area contributed by atoms with Crippen LogP contribution in [-0.2, 0) is 0 Å². The van der Waals surface area contributed by atoms with Gasteiger partial charge in [0, 0.05) is 8.80 Å². The van der Waals surface area contributed by atoms with Gasteiger partial charge in [-0.25, -0.2) is 0 Å². The quantitative estimate of drug-likeness (QED) is 0.671. The molecule has 0 spiro atoms. The molecule has 2 heteroatoms. The van der Waals surface area contributed by atoms with Gasteiger partial charge in [-0.2, -0.15) is 0 Å². The normalized spacial score (nSPS) is 23.1. The van der Waals surface area contributed by atoms with Gasteiger partial charge in [0.15, 0.2) is 0 Å². The van der Waals surface area contributed by atoms with Crippen molar-refractivity contribution in [3.05, 3.63) is 0 Å². The molecule has 0 radical (unpaired) electrons. The Morgan fingerprint density at radius 2 is 1.50 bits per heavy atom.